The highest BCUT2D eigenvalue weighted by atomic mass is 32.2. The van der Waals surface area contributed by atoms with E-state index in [0.29, 0.717) is 30.3 Å². The molecule has 1 aliphatic rings. The second kappa shape index (κ2) is 10.9. The minimum absolute atomic E-state index is 0.00938. The Morgan fingerprint density at radius 2 is 1.62 bits per heavy atom. The van der Waals surface area contributed by atoms with E-state index in [2.05, 4.69) is 10.6 Å². The molecule has 0 aliphatic carbocycles. The van der Waals surface area contributed by atoms with E-state index in [1.165, 1.54) is 30.7 Å². The number of rotatable bonds is 7. The van der Waals surface area contributed by atoms with Crippen LogP contribution in [0.5, 0.6) is 11.5 Å². The maximum atomic E-state index is 13.0. The molecule has 2 N–H and O–H groups in total. The van der Waals surface area contributed by atoms with Crippen molar-refractivity contribution in [1.82, 2.24) is 14.5 Å². The van der Waals surface area contributed by atoms with Gasteiger partial charge in [0, 0.05) is 37.9 Å². The first-order chi connectivity index (χ1) is 16.1. The number of piperazine rings is 1. The second-order valence-electron chi connectivity index (χ2n) is 8.02. The maximum absolute atomic E-state index is 13.0. The maximum Gasteiger partial charge on any atom is 0.325 e. The minimum atomic E-state index is -3.73. The number of nitrogens with zero attached hydrogens (tertiary/aromatic N) is 2. The second-order valence-corrected chi connectivity index (χ2v) is 9.96. The van der Waals surface area contributed by atoms with Crippen LogP contribution in [0.15, 0.2) is 41.3 Å². The summed E-state index contributed by atoms with van der Waals surface area (Å²) in [6.45, 7) is 4.98. The first-order valence-electron chi connectivity index (χ1n) is 10.8. The number of sulfonamides is 1. The summed E-state index contributed by atoms with van der Waals surface area (Å²) in [6.07, 6.45) is 0. The Bertz CT molecular complexity index is 1160. The number of hydrogen-bond acceptors (Lipinski definition) is 7. The summed E-state index contributed by atoms with van der Waals surface area (Å²) in [4.78, 5) is 26.4. The molecule has 3 amide bonds. The van der Waals surface area contributed by atoms with Gasteiger partial charge < -0.3 is 14.8 Å². The highest BCUT2D eigenvalue weighted by Crippen LogP contribution is 2.30. The van der Waals surface area contributed by atoms with Crippen LogP contribution in [0.2, 0.25) is 0 Å². The monoisotopic (exact) mass is 490 g/mol. The lowest BCUT2D eigenvalue weighted by Crippen LogP contribution is -2.51. The summed E-state index contributed by atoms with van der Waals surface area (Å²) >= 11 is 0. The number of amides is 3. The SMILES string of the molecule is COc1ccc(S(=O)(=O)N2CCN(CC(=O)NC(=O)Nc3ccc(C)cc3C)CC2)cc1OC. The van der Waals surface area contributed by atoms with Gasteiger partial charge >= 0.3 is 6.03 Å². The lowest BCUT2D eigenvalue weighted by Gasteiger charge is -2.33. The van der Waals surface area contributed by atoms with Crippen LogP contribution >= 0.6 is 0 Å². The van der Waals surface area contributed by atoms with Gasteiger partial charge in [0.15, 0.2) is 11.5 Å². The van der Waals surface area contributed by atoms with Crippen LogP contribution in [-0.2, 0) is 14.8 Å². The number of aryl methyl sites for hydroxylation is 2. The van der Waals surface area contributed by atoms with Gasteiger partial charge in [-0.25, -0.2) is 13.2 Å². The molecular weight excluding hydrogens is 460 g/mol. The summed E-state index contributed by atoms with van der Waals surface area (Å²) in [5, 5.41) is 4.99. The third kappa shape index (κ3) is 6.04. The van der Waals surface area contributed by atoms with E-state index in [1.54, 1.807) is 17.0 Å². The largest absolute Gasteiger partial charge is 0.493 e. The number of urea groups is 1. The van der Waals surface area contributed by atoms with Crippen molar-refractivity contribution in [2.24, 2.45) is 0 Å². The van der Waals surface area contributed by atoms with Crippen molar-refractivity contribution in [3.05, 3.63) is 47.5 Å². The fourth-order valence-corrected chi connectivity index (χ4v) is 5.17. The average molecular weight is 491 g/mol. The van der Waals surface area contributed by atoms with Crippen molar-refractivity contribution >= 4 is 27.6 Å². The smallest absolute Gasteiger partial charge is 0.325 e. The number of carbonyl (C=O) groups is 2. The van der Waals surface area contributed by atoms with E-state index in [4.69, 9.17) is 9.47 Å². The molecule has 0 spiro atoms. The lowest BCUT2D eigenvalue weighted by molar-refractivity contribution is -0.121. The Morgan fingerprint density at radius 3 is 2.24 bits per heavy atom. The first-order valence-corrected chi connectivity index (χ1v) is 12.2. The summed E-state index contributed by atoms with van der Waals surface area (Å²) < 4.78 is 37.8. The van der Waals surface area contributed by atoms with Crippen molar-refractivity contribution in [1.29, 1.82) is 0 Å². The number of benzene rings is 2. The molecule has 1 aliphatic heterocycles. The molecule has 11 heteroatoms. The number of ether oxygens (including phenoxy) is 2. The van der Waals surface area contributed by atoms with Crippen molar-refractivity contribution < 1.29 is 27.5 Å². The standard InChI is InChI=1S/C23H30N4O6S/c1-16-5-7-19(17(2)13-16)24-23(29)25-22(28)15-26-9-11-27(12-10-26)34(30,31)18-6-8-20(32-3)21(14-18)33-4/h5-8,13-14H,9-12,15H2,1-4H3,(H2,24,25,28,29). The molecule has 0 unspecified atom stereocenters. The van der Waals surface area contributed by atoms with Gasteiger partial charge in [-0.3, -0.25) is 15.0 Å². The van der Waals surface area contributed by atoms with E-state index in [9.17, 15) is 18.0 Å². The van der Waals surface area contributed by atoms with Crippen LogP contribution < -0.4 is 20.1 Å². The molecule has 0 bridgehead atoms. The van der Waals surface area contributed by atoms with Crippen LogP contribution in [0.4, 0.5) is 10.5 Å². The zero-order valence-corrected chi connectivity index (χ0v) is 20.6. The summed E-state index contributed by atoms with van der Waals surface area (Å²) in [5.41, 5.74) is 2.60. The topological polar surface area (TPSA) is 117 Å². The third-order valence-electron chi connectivity index (χ3n) is 5.57. The molecule has 2 aromatic carbocycles. The highest BCUT2D eigenvalue weighted by molar-refractivity contribution is 7.89. The Hall–Kier alpha value is -3.15. The zero-order valence-electron chi connectivity index (χ0n) is 19.8. The highest BCUT2D eigenvalue weighted by Gasteiger charge is 2.30. The number of anilines is 1. The number of hydrogen-bond donors (Lipinski definition) is 2. The summed E-state index contributed by atoms with van der Waals surface area (Å²) in [5.74, 6) is 0.315. The molecule has 0 atom stereocenters. The molecule has 0 radical (unpaired) electrons. The minimum Gasteiger partial charge on any atom is -0.493 e. The van der Waals surface area contributed by atoms with E-state index in [0.717, 1.165) is 11.1 Å². The Morgan fingerprint density at radius 1 is 0.941 bits per heavy atom. The predicted octanol–water partition coefficient (Wildman–Crippen LogP) is 1.98. The van der Waals surface area contributed by atoms with Crippen LogP contribution in [0, 0.1) is 13.8 Å². The first kappa shape index (κ1) is 25.5. The van der Waals surface area contributed by atoms with E-state index >= 15 is 0 Å². The van der Waals surface area contributed by atoms with E-state index in [1.807, 2.05) is 26.0 Å². The normalized spacial score (nSPS) is 14.9. The third-order valence-corrected chi connectivity index (χ3v) is 7.47. The van der Waals surface area contributed by atoms with Gasteiger partial charge in [-0.2, -0.15) is 4.31 Å². The van der Waals surface area contributed by atoms with Gasteiger partial charge in [0.05, 0.1) is 25.7 Å². The Balaban J connectivity index is 1.52. The van der Waals surface area contributed by atoms with Crippen LogP contribution in [0.25, 0.3) is 0 Å². The molecule has 1 saturated heterocycles. The fraction of sp³-hybridized carbons (Fsp3) is 0.391. The molecule has 10 nitrogen and oxygen atoms in total. The predicted molar refractivity (Wildman–Crippen MR) is 128 cm³/mol. The van der Waals surface area contributed by atoms with Crippen molar-refractivity contribution in [2.75, 3.05) is 52.3 Å². The molecular formula is C23H30N4O6S. The molecule has 1 fully saturated rings. The van der Waals surface area contributed by atoms with Crippen LogP contribution in [-0.4, -0.2) is 76.5 Å². The average Bonchev–Trinajstić information content (AvgIpc) is 2.80. The molecule has 1 heterocycles. The van der Waals surface area contributed by atoms with Gasteiger partial charge in [0.2, 0.25) is 15.9 Å². The molecule has 2 aromatic rings. The number of carbonyl (C=O) groups excluding carboxylic acids is 2. The van der Waals surface area contributed by atoms with E-state index in [-0.39, 0.29) is 24.5 Å². The molecule has 0 saturated carbocycles. The van der Waals surface area contributed by atoms with Crippen LogP contribution in [0.3, 0.4) is 0 Å². The van der Waals surface area contributed by atoms with Gasteiger partial charge in [-0.05, 0) is 37.6 Å². The van der Waals surface area contributed by atoms with Crippen molar-refractivity contribution in [3.8, 4) is 11.5 Å². The van der Waals surface area contributed by atoms with Crippen molar-refractivity contribution in [3.63, 3.8) is 0 Å². The molecule has 3 rings (SSSR count). The molecule has 34 heavy (non-hydrogen) atoms. The number of nitrogens with one attached hydrogen (secondary N) is 2. The van der Waals surface area contributed by atoms with Crippen LogP contribution in [0.1, 0.15) is 11.1 Å². The fourth-order valence-electron chi connectivity index (χ4n) is 3.73. The zero-order chi connectivity index (χ0) is 24.9. The molecule has 0 aromatic heterocycles. The van der Waals surface area contributed by atoms with Gasteiger partial charge in [0.25, 0.3) is 0 Å². The van der Waals surface area contributed by atoms with E-state index < -0.39 is 22.0 Å². The Kier molecular flexibility index (Phi) is 8.13. The van der Waals surface area contributed by atoms with Crippen molar-refractivity contribution in [2.45, 2.75) is 18.7 Å². The lowest BCUT2D eigenvalue weighted by atomic mass is 10.1. The Labute approximate surface area is 199 Å². The van der Waals surface area contributed by atoms with Gasteiger partial charge in [0.1, 0.15) is 0 Å². The summed E-state index contributed by atoms with van der Waals surface area (Å²) in [7, 11) is -0.800. The summed E-state index contributed by atoms with van der Waals surface area (Å²) in [6, 6.07) is 9.45. The van der Waals surface area contributed by atoms with Gasteiger partial charge in [-0.15, -0.1) is 0 Å². The number of methoxy groups -OCH3 is 2. The quantitative estimate of drug-likeness (QED) is 0.609. The van der Waals surface area contributed by atoms with Gasteiger partial charge in [-0.1, -0.05) is 17.7 Å². The molecule has 184 valence electrons. The number of imide groups is 1.